The lowest BCUT2D eigenvalue weighted by molar-refractivity contribution is 0.315. The Hall–Kier alpha value is -0.0331. The van der Waals surface area contributed by atoms with Crippen LogP contribution in [0.15, 0.2) is 18.2 Å². The minimum absolute atomic E-state index is 0.782. The Kier molecular flexibility index (Phi) is 4.80. The van der Waals surface area contributed by atoms with E-state index < -0.39 is 0 Å². The molecule has 0 unspecified atom stereocenters. The molecule has 0 heterocycles. The van der Waals surface area contributed by atoms with Gasteiger partial charge in [-0.15, -0.1) is 0 Å². The fraction of sp³-hybridized carbons (Fsp3) is 0.400. The summed E-state index contributed by atoms with van der Waals surface area (Å²) in [5.74, 6) is 1.01. The zero-order valence-corrected chi connectivity index (χ0v) is 10.8. The Morgan fingerprint density at radius 1 is 1.46 bits per heavy atom. The van der Waals surface area contributed by atoms with Gasteiger partial charge in [-0.3, -0.25) is 0 Å². The van der Waals surface area contributed by atoms with E-state index in [9.17, 15) is 0 Å². The summed E-state index contributed by atoms with van der Waals surface area (Å²) in [7, 11) is 3.42. The number of ether oxygens (including phenoxy) is 1. The fourth-order valence-corrected chi connectivity index (χ4v) is 1.59. The average molecular weight is 303 g/mol. The summed E-state index contributed by atoms with van der Waals surface area (Å²) in [5.41, 5.74) is 1.20. The smallest absolute Gasteiger partial charge is 0.123 e. The maximum atomic E-state index is 5.62. The zero-order chi connectivity index (χ0) is 9.68. The SMILES string of the molecule is Cc1ccc(I)cc1OCCC[Si]. The van der Waals surface area contributed by atoms with Crippen molar-refractivity contribution in [3.8, 4) is 5.75 Å². The molecule has 1 aromatic rings. The van der Waals surface area contributed by atoms with Crippen LogP contribution in [0.4, 0.5) is 0 Å². The molecule has 0 aliphatic carbocycles. The van der Waals surface area contributed by atoms with Crippen molar-refractivity contribution in [2.75, 3.05) is 6.61 Å². The van der Waals surface area contributed by atoms with Gasteiger partial charge in [0.1, 0.15) is 5.75 Å². The van der Waals surface area contributed by atoms with E-state index in [0.29, 0.717) is 0 Å². The molecule has 1 rings (SSSR count). The lowest BCUT2D eigenvalue weighted by Gasteiger charge is -2.08. The van der Waals surface area contributed by atoms with Crippen LogP contribution in [0, 0.1) is 10.5 Å². The molecule has 13 heavy (non-hydrogen) atoms. The van der Waals surface area contributed by atoms with E-state index in [-0.39, 0.29) is 0 Å². The highest BCUT2D eigenvalue weighted by Gasteiger charge is 1.99. The van der Waals surface area contributed by atoms with Crippen LogP contribution >= 0.6 is 22.6 Å². The van der Waals surface area contributed by atoms with Crippen LogP contribution in [0.5, 0.6) is 5.75 Å². The van der Waals surface area contributed by atoms with E-state index in [1.165, 1.54) is 9.13 Å². The van der Waals surface area contributed by atoms with Crippen molar-refractivity contribution in [1.82, 2.24) is 0 Å². The Labute approximate surface area is 96.4 Å². The van der Waals surface area contributed by atoms with E-state index in [1.807, 2.05) is 0 Å². The molecule has 0 fully saturated rings. The van der Waals surface area contributed by atoms with Crippen molar-refractivity contribution < 1.29 is 4.74 Å². The summed E-state index contributed by atoms with van der Waals surface area (Å²) in [4.78, 5) is 0. The summed E-state index contributed by atoms with van der Waals surface area (Å²) in [5, 5.41) is 0. The second kappa shape index (κ2) is 5.65. The topological polar surface area (TPSA) is 9.23 Å². The highest BCUT2D eigenvalue weighted by molar-refractivity contribution is 14.1. The largest absolute Gasteiger partial charge is 0.493 e. The molecule has 0 bridgehead atoms. The second-order valence-electron chi connectivity index (χ2n) is 2.86. The minimum Gasteiger partial charge on any atom is -0.493 e. The molecule has 0 saturated carbocycles. The van der Waals surface area contributed by atoms with Crippen LogP contribution < -0.4 is 4.74 Å². The Morgan fingerprint density at radius 3 is 2.92 bits per heavy atom. The lowest BCUT2D eigenvalue weighted by atomic mass is 10.2. The molecule has 3 radical (unpaired) electrons. The van der Waals surface area contributed by atoms with Crippen molar-refractivity contribution in [3.05, 3.63) is 27.3 Å². The molecule has 0 atom stereocenters. The predicted octanol–water partition coefficient (Wildman–Crippen LogP) is 2.96. The second-order valence-corrected chi connectivity index (χ2v) is 4.61. The van der Waals surface area contributed by atoms with Gasteiger partial charge in [0.15, 0.2) is 0 Å². The van der Waals surface area contributed by atoms with Gasteiger partial charge >= 0.3 is 0 Å². The van der Waals surface area contributed by atoms with Gasteiger partial charge in [0.05, 0.1) is 6.61 Å². The van der Waals surface area contributed by atoms with Crippen molar-refractivity contribution >= 4 is 32.8 Å². The van der Waals surface area contributed by atoms with Gasteiger partial charge in [-0.25, -0.2) is 0 Å². The molecule has 1 aromatic carbocycles. The molecule has 0 spiro atoms. The van der Waals surface area contributed by atoms with Crippen molar-refractivity contribution in [2.24, 2.45) is 0 Å². The zero-order valence-electron chi connectivity index (χ0n) is 7.64. The highest BCUT2D eigenvalue weighted by Crippen LogP contribution is 2.20. The summed E-state index contributed by atoms with van der Waals surface area (Å²) in [6.07, 6.45) is 1.04. The van der Waals surface area contributed by atoms with E-state index in [2.05, 4.69) is 58.0 Å². The third-order valence-electron chi connectivity index (χ3n) is 1.73. The molecule has 1 nitrogen and oxygen atoms in total. The van der Waals surface area contributed by atoms with Gasteiger partial charge in [-0.1, -0.05) is 12.1 Å². The summed E-state index contributed by atoms with van der Waals surface area (Å²) in [6.45, 7) is 2.85. The summed E-state index contributed by atoms with van der Waals surface area (Å²) >= 11 is 2.29. The number of aryl methyl sites for hydroxylation is 1. The van der Waals surface area contributed by atoms with E-state index in [4.69, 9.17) is 4.74 Å². The molecular weight excluding hydrogens is 291 g/mol. The first-order valence-corrected chi connectivity index (χ1v) is 6.06. The van der Waals surface area contributed by atoms with Crippen LogP contribution in [0.1, 0.15) is 12.0 Å². The predicted molar refractivity (Wildman–Crippen MR) is 64.6 cm³/mol. The fourth-order valence-electron chi connectivity index (χ4n) is 0.984. The third kappa shape index (κ3) is 3.68. The first-order chi connectivity index (χ1) is 6.24. The molecule has 0 aromatic heterocycles. The van der Waals surface area contributed by atoms with Gasteiger partial charge < -0.3 is 4.74 Å². The lowest BCUT2D eigenvalue weighted by Crippen LogP contribution is -1.98. The summed E-state index contributed by atoms with van der Waals surface area (Å²) < 4.78 is 6.84. The molecule has 0 saturated heterocycles. The Balaban J connectivity index is 2.59. The highest BCUT2D eigenvalue weighted by atomic mass is 127. The summed E-state index contributed by atoms with van der Waals surface area (Å²) in [6, 6.07) is 7.24. The van der Waals surface area contributed by atoms with E-state index in [1.54, 1.807) is 0 Å². The van der Waals surface area contributed by atoms with Crippen LogP contribution in [0.25, 0.3) is 0 Å². The number of hydrogen-bond acceptors (Lipinski definition) is 1. The normalized spacial score (nSPS) is 10.1. The van der Waals surface area contributed by atoms with Gasteiger partial charge in [0.2, 0.25) is 0 Å². The molecule has 0 N–H and O–H groups in total. The van der Waals surface area contributed by atoms with Crippen molar-refractivity contribution in [2.45, 2.75) is 19.4 Å². The molecule has 0 amide bonds. The number of rotatable bonds is 4. The molecule has 0 aliphatic rings. The van der Waals surface area contributed by atoms with Crippen molar-refractivity contribution in [1.29, 1.82) is 0 Å². The van der Waals surface area contributed by atoms with Crippen LogP contribution in [0.2, 0.25) is 6.04 Å². The number of halogens is 1. The quantitative estimate of drug-likeness (QED) is 0.472. The standard InChI is InChI=1S/C10H12IOSi/c1-8-3-4-9(11)7-10(8)12-5-2-6-13/h3-4,7H,2,5-6H2,1H3. The minimum atomic E-state index is 0.782. The maximum absolute atomic E-state index is 5.62. The van der Waals surface area contributed by atoms with E-state index in [0.717, 1.165) is 24.8 Å². The van der Waals surface area contributed by atoms with Gasteiger partial charge in [-0.2, -0.15) is 0 Å². The van der Waals surface area contributed by atoms with Gasteiger partial charge in [0, 0.05) is 13.8 Å². The average Bonchev–Trinajstić information content (AvgIpc) is 2.11. The molecule has 3 heteroatoms. The number of hydrogen-bond donors (Lipinski definition) is 0. The Morgan fingerprint density at radius 2 is 2.23 bits per heavy atom. The van der Waals surface area contributed by atoms with Crippen LogP contribution in [-0.2, 0) is 0 Å². The van der Waals surface area contributed by atoms with Crippen LogP contribution in [0.3, 0.4) is 0 Å². The molecular formula is C10H12IOSi. The van der Waals surface area contributed by atoms with Crippen molar-refractivity contribution in [3.63, 3.8) is 0 Å². The van der Waals surface area contributed by atoms with E-state index >= 15 is 0 Å². The molecule has 69 valence electrons. The van der Waals surface area contributed by atoms with Crippen LogP contribution in [-0.4, -0.2) is 16.8 Å². The first-order valence-electron chi connectivity index (χ1n) is 4.27. The molecule has 0 aliphatic heterocycles. The van der Waals surface area contributed by atoms with Gasteiger partial charge in [0.25, 0.3) is 0 Å². The Bertz CT molecular complexity index is 276. The maximum Gasteiger partial charge on any atom is 0.123 e. The van der Waals surface area contributed by atoms with Gasteiger partial charge in [-0.05, 0) is 53.6 Å². The monoisotopic (exact) mass is 303 g/mol. The first kappa shape index (κ1) is 11.0. The third-order valence-corrected chi connectivity index (χ3v) is 2.75. The number of benzene rings is 1.